The van der Waals surface area contributed by atoms with Gasteiger partial charge >= 0.3 is 0 Å². The summed E-state index contributed by atoms with van der Waals surface area (Å²) < 4.78 is 16.1. The number of halogens is 2. The van der Waals surface area contributed by atoms with Crippen LogP contribution >= 0.6 is 15.9 Å². The van der Waals surface area contributed by atoms with Crippen molar-refractivity contribution in [3.05, 3.63) is 87.7 Å². The Hall–Kier alpha value is -1.87. The Morgan fingerprint density at radius 1 is 0.926 bits per heavy atom. The zero-order valence-corrected chi connectivity index (χ0v) is 16.6. The Labute approximate surface area is 167 Å². The van der Waals surface area contributed by atoms with Gasteiger partial charge in [0.15, 0.2) is 0 Å². The maximum absolute atomic E-state index is 14.9. The van der Waals surface area contributed by atoms with E-state index in [4.69, 9.17) is 0 Å². The number of allylic oxidation sites excluding steroid dienone is 4. The minimum Gasteiger partial charge on any atom is -0.363 e. The van der Waals surface area contributed by atoms with E-state index in [-0.39, 0.29) is 11.9 Å². The van der Waals surface area contributed by atoms with Crippen LogP contribution in [-0.2, 0) is 0 Å². The predicted octanol–water partition coefficient (Wildman–Crippen LogP) is 6.48. The molecule has 0 saturated heterocycles. The normalized spacial score (nSPS) is 32.4. The summed E-state index contributed by atoms with van der Waals surface area (Å²) >= 11 is 3.77. The molecule has 0 amide bonds. The average molecular weight is 422 g/mol. The highest BCUT2D eigenvalue weighted by atomic mass is 79.9. The fourth-order valence-electron chi connectivity index (χ4n) is 6.00. The highest BCUT2D eigenvalue weighted by molar-refractivity contribution is 9.10. The summed E-state index contributed by atoms with van der Waals surface area (Å²) in [6.45, 7) is 1.02. The van der Waals surface area contributed by atoms with E-state index in [2.05, 4.69) is 57.3 Å². The number of fused-ring (bicyclic) bond motifs is 4. The van der Waals surface area contributed by atoms with E-state index in [1.807, 2.05) is 12.1 Å². The molecule has 5 atom stereocenters. The van der Waals surface area contributed by atoms with Gasteiger partial charge in [-0.1, -0.05) is 58.4 Å². The number of nitrogens with zero attached hydrogens (tertiary/aromatic N) is 1. The monoisotopic (exact) mass is 421 g/mol. The summed E-state index contributed by atoms with van der Waals surface area (Å²) in [5.74, 6) is 1.80. The molecule has 2 aliphatic heterocycles. The third-order valence-electron chi connectivity index (χ3n) is 7.04. The van der Waals surface area contributed by atoms with Gasteiger partial charge in [-0.15, -0.1) is 0 Å². The van der Waals surface area contributed by atoms with E-state index in [0.717, 1.165) is 24.9 Å². The fourth-order valence-corrected chi connectivity index (χ4v) is 6.50. The Kier molecular flexibility index (Phi) is 3.47. The maximum atomic E-state index is 14.9. The first-order valence-corrected chi connectivity index (χ1v) is 10.7. The molecule has 2 aromatic rings. The molecule has 3 heteroatoms. The number of rotatable bonds is 1. The molecule has 0 N–H and O–H groups in total. The second kappa shape index (κ2) is 5.81. The average Bonchev–Trinajstić information content (AvgIpc) is 3.32. The molecular formula is C24H21BrFN. The van der Waals surface area contributed by atoms with Crippen molar-refractivity contribution >= 4 is 21.6 Å². The largest absolute Gasteiger partial charge is 0.363 e. The van der Waals surface area contributed by atoms with Crippen molar-refractivity contribution in [2.75, 3.05) is 11.4 Å². The van der Waals surface area contributed by atoms with Gasteiger partial charge in [-0.05, 0) is 54.0 Å². The van der Waals surface area contributed by atoms with Crippen LogP contribution in [0.25, 0.3) is 0 Å². The lowest BCUT2D eigenvalue weighted by atomic mass is 9.70. The molecule has 2 aliphatic carbocycles. The van der Waals surface area contributed by atoms with Crippen molar-refractivity contribution in [3.8, 4) is 0 Å². The lowest BCUT2D eigenvalue weighted by molar-refractivity contribution is 0.328. The SMILES string of the molecule is Fc1ccccc1[C@H]1[C@H]2CC=C[C@@H]2c2cc(Br)cc3c2N1C[C@H]1CC=C[C@H]31. The minimum atomic E-state index is -0.0677. The first-order chi connectivity index (χ1) is 13.2. The van der Waals surface area contributed by atoms with Gasteiger partial charge in [0.25, 0.3) is 0 Å². The highest BCUT2D eigenvalue weighted by Crippen LogP contribution is 2.59. The molecule has 0 aromatic heterocycles. The smallest absolute Gasteiger partial charge is 0.128 e. The molecule has 0 radical (unpaired) electrons. The van der Waals surface area contributed by atoms with Crippen molar-refractivity contribution in [1.29, 1.82) is 0 Å². The summed E-state index contributed by atoms with van der Waals surface area (Å²) in [4.78, 5) is 2.55. The second-order valence-electron chi connectivity index (χ2n) is 8.35. The molecule has 0 saturated carbocycles. The summed E-state index contributed by atoms with van der Waals surface area (Å²) in [5.41, 5.74) is 5.07. The Morgan fingerprint density at radius 3 is 2.52 bits per heavy atom. The van der Waals surface area contributed by atoms with E-state index in [1.165, 1.54) is 21.3 Å². The van der Waals surface area contributed by atoms with Gasteiger partial charge in [-0.3, -0.25) is 0 Å². The number of hydrogen-bond donors (Lipinski definition) is 0. The zero-order valence-electron chi connectivity index (χ0n) is 15.0. The van der Waals surface area contributed by atoms with Crippen LogP contribution in [0, 0.1) is 17.7 Å². The van der Waals surface area contributed by atoms with E-state index in [1.54, 1.807) is 12.1 Å². The molecule has 2 aromatic carbocycles. The predicted molar refractivity (Wildman–Crippen MR) is 111 cm³/mol. The first kappa shape index (κ1) is 16.1. The standard InChI is InChI=1S/C24H21BrFN/c25-15-11-20-16-7-3-5-14(16)13-27-23(19-6-1-2-10-22(19)26)18-9-4-8-17(18)21(12-15)24(20)27/h1-4,6-8,10-12,14,16-18,23H,5,9,13H2/t14-,16+,17+,18+,23-/m1/s1. The Balaban J connectivity index is 1.61. The van der Waals surface area contributed by atoms with Gasteiger partial charge in [0.05, 0.1) is 6.04 Å². The Bertz CT molecular complexity index is 977. The van der Waals surface area contributed by atoms with E-state index < -0.39 is 0 Å². The molecule has 6 rings (SSSR count). The number of anilines is 1. The highest BCUT2D eigenvalue weighted by Gasteiger charge is 2.48. The van der Waals surface area contributed by atoms with Gasteiger partial charge in [0.1, 0.15) is 5.82 Å². The molecule has 0 spiro atoms. The van der Waals surface area contributed by atoms with Crippen LogP contribution in [0.1, 0.15) is 47.4 Å². The van der Waals surface area contributed by atoms with Crippen molar-refractivity contribution in [2.45, 2.75) is 30.7 Å². The van der Waals surface area contributed by atoms with Crippen molar-refractivity contribution in [3.63, 3.8) is 0 Å². The summed E-state index contributed by atoms with van der Waals surface area (Å²) in [7, 11) is 0. The molecule has 0 unspecified atom stereocenters. The first-order valence-electron chi connectivity index (χ1n) is 9.90. The van der Waals surface area contributed by atoms with Crippen LogP contribution in [0.3, 0.4) is 0 Å². The van der Waals surface area contributed by atoms with Crippen LogP contribution in [0.4, 0.5) is 10.1 Å². The van der Waals surface area contributed by atoms with Gasteiger partial charge in [0.2, 0.25) is 0 Å². The van der Waals surface area contributed by atoms with E-state index >= 15 is 0 Å². The van der Waals surface area contributed by atoms with Crippen LogP contribution in [0.5, 0.6) is 0 Å². The van der Waals surface area contributed by atoms with Crippen LogP contribution < -0.4 is 4.90 Å². The van der Waals surface area contributed by atoms with Gasteiger partial charge < -0.3 is 4.90 Å². The topological polar surface area (TPSA) is 3.24 Å². The molecule has 0 fully saturated rings. The van der Waals surface area contributed by atoms with E-state index in [9.17, 15) is 4.39 Å². The van der Waals surface area contributed by atoms with Crippen molar-refractivity contribution < 1.29 is 4.39 Å². The number of benzene rings is 2. The fraction of sp³-hybridized carbons (Fsp3) is 0.333. The van der Waals surface area contributed by atoms with Crippen LogP contribution in [0.2, 0.25) is 0 Å². The molecule has 2 heterocycles. The summed E-state index contributed by atoms with van der Waals surface area (Å²) in [6.07, 6.45) is 11.5. The van der Waals surface area contributed by atoms with Gasteiger partial charge in [-0.2, -0.15) is 0 Å². The summed E-state index contributed by atoms with van der Waals surface area (Å²) in [5, 5.41) is 0. The minimum absolute atomic E-state index is 0.0677. The quantitative estimate of drug-likeness (QED) is 0.476. The molecule has 136 valence electrons. The third kappa shape index (κ3) is 2.21. The maximum Gasteiger partial charge on any atom is 0.128 e. The van der Waals surface area contributed by atoms with Gasteiger partial charge in [0, 0.05) is 34.1 Å². The zero-order chi connectivity index (χ0) is 18.1. The second-order valence-corrected chi connectivity index (χ2v) is 9.27. The molecular weight excluding hydrogens is 401 g/mol. The van der Waals surface area contributed by atoms with Crippen molar-refractivity contribution in [1.82, 2.24) is 0 Å². The Morgan fingerprint density at radius 2 is 1.67 bits per heavy atom. The van der Waals surface area contributed by atoms with E-state index in [0.29, 0.717) is 23.7 Å². The molecule has 27 heavy (non-hydrogen) atoms. The lowest BCUT2D eigenvalue weighted by Crippen LogP contribution is -2.46. The lowest BCUT2D eigenvalue weighted by Gasteiger charge is -2.51. The van der Waals surface area contributed by atoms with Crippen molar-refractivity contribution in [2.24, 2.45) is 11.8 Å². The number of hydrogen-bond acceptors (Lipinski definition) is 1. The third-order valence-corrected chi connectivity index (χ3v) is 7.50. The molecule has 4 aliphatic rings. The van der Waals surface area contributed by atoms with Gasteiger partial charge in [-0.25, -0.2) is 4.39 Å². The summed E-state index contributed by atoms with van der Waals surface area (Å²) in [6, 6.07) is 12.1. The van der Waals surface area contributed by atoms with Crippen LogP contribution in [-0.4, -0.2) is 6.54 Å². The molecule has 0 bridgehead atoms. The molecule has 1 nitrogen and oxygen atoms in total. The van der Waals surface area contributed by atoms with Crippen LogP contribution in [0.15, 0.2) is 65.2 Å².